The van der Waals surface area contributed by atoms with Crippen molar-refractivity contribution in [3.8, 4) is 22.8 Å². The van der Waals surface area contributed by atoms with Gasteiger partial charge >= 0.3 is 6.18 Å². The first-order chi connectivity index (χ1) is 18.1. The second-order valence-corrected chi connectivity index (χ2v) is 9.58. The minimum atomic E-state index is -4.31. The molecule has 2 heterocycles. The lowest BCUT2D eigenvalue weighted by Crippen LogP contribution is -2.27. The Kier molecular flexibility index (Phi) is 6.92. The van der Waals surface area contributed by atoms with Crippen molar-refractivity contribution in [1.29, 1.82) is 0 Å². The number of halogens is 5. The molecule has 0 radical (unpaired) electrons. The van der Waals surface area contributed by atoms with Crippen molar-refractivity contribution in [2.75, 3.05) is 11.9 Å². The average Bonchev–Trinajstić information content (AvgIpc) is 3.35. The van der Waals surface area contributed by atoms with Crippen molar-refractivity contribution < 1.29 is 27.1 Å². The summed E-state index contributed by atoms with van der Waals surface area (Å²) >= 11 is 6.06. The Bertz CT molecular complexity index is 1500. The van der Waals surface area contributed by atoms with Crippen LogP contribution >= 0.6 is 11.6 Å². The number of amides is 1. The van der Waals surface area contributed by atoms with Crippen LogP contribution in [0.3, 0.4) is 0 Å². The predicted octanol–water partition coefficient (Wildman–Crippen LogP) is 6.96. The Labute approximate surface area is 220 Å². The molecule has 1 aliphatic rings. The van der Waals surface area contributed by atoms with E-state index >= 15 is 0 Å². The molecule has 11 heteroatoms. The molecule has 0 spiro atoms. The maximum atomic E-state index is 13.2. The Morgan fingerprint density at radius 3 is 2.66 bits per heavy atom. The third-order valence-electron chi connectivity index (χ3n) is 6.13. The van der Waals surface area contributed by atoms with E-state index in [2.05, 4.69) is 15.6 Å². The highest BCUT2D eigenvalue weighted by molar-refractivity contribution is 6.30. The molecule has 4 aromatic rings. The number of pyridine rings is 1. The number of nitrogens with zero attached hydrogens (tertiary/aromatic N) is 2. The van der Waals surface area contributed by atoms with Gasteiger partial charge in [0.15, 0.2) is 5.65 Å². The zero-order chi connectivity index (χ0) is 27.0. The van der Waals surface area contributed by atoms with Crippen LogP contribution in [0.5, 0.6) is 11.5 Å². The molecule has 0 saturated heterocycles. The fourth-order valence-corrected chi connectivity index (χ4v) is 4.28. The average molecular weight is 547 g/mol. The van der Waals surface area contributed by atoms with E-state index in [1.165, 1.54) is 0 Å². The van der Waals surface area contributed by atoms with Crippen LogP contribution in [0.4, 0.5) is 23.2 Å². The number of rotatable bonds is 8. The van der Waals surface area contributed by atoms with Gasteiger partial charge in [0.2, 0.25) is 0 Å². The summed E-state index contributed by atoms with van der Waals surface area (Å²) in [5.41, 5.74) is 3.24. The fourth-order valence-electron chi connectivity index (χ4n) is 4.10. The van der Waals surface area contributed by atoms with Gasteiger partial charge in [-0.25, -0.2) is 9.37 Å². The van der Waals surface area contributed by atoms with Crippen LogP contribution in [0.2, 0.25) is 5.02 Å². The number of alkyl halides is 4. The SMILES string of the molecule is Cc1cc(-c2cnc3c(NCCC(F)(F)F)cc(Oc4cccc(Cl)c4)cn23)ccc1C(=O)N[C@@H]1C[C@H]1F. The van der Waals surface area contributed by atoms with Crippen molar-refractivity contribution in [3.63, 3.8) is 0 Å². The molecule has 0 aliphatic heterocycles. The van der Waals surface area contributed by atoms with Gasteiger partial charge in [0.05, 0.1) is 36.2 Å². The topological polar surface area (TPSA) is 67.7 Å². The molecule has 198 valence electrons. The van der Waals surface area contributed by atoms with Crippen LogP contribution in [0, 0.1) is 6.92 Å². The number of hydrogen-bond acceptors (Lipinski definition) is 4. The van der Waals surface area contributed by atoms with Gasteiger partial charge in [0.25, 0.3) is 5.91 Å². The summed E-state index contributed by atoms with van der Waals surface area (Å²) in [7, 11) is 0. The number of nitrogens with one attached hydrogen (secondary N) is 2. The number of imidazole rings is 1. The lowest BCUT2D eigenvalue weighted by Gasteiger charge is -2.14. The molecule has 0 bridgehead atoms. The third-order valence-corrected chi connectivity index (χ3v) is 6.37. The van der Waals surface area contributed by atoms with Crippen molar-refractivity contribution >= 4 is 28.8 Å². The number of carbonyl (C=O) groups excluding carboxylic acids is 1. The first kappa shape index (κ1) is 25.8. The first-order valence-electron chi connectivity index (χ1n) is 11.9. The molecular formula is C27H23ClF4N4O2. The Balaban J connectivity index is 1.49. The van der Waals surface area contributed by atoms with E-state index in [0.717, 1.165) is 5.56 Å². The van der Waals surface area contributed by atoms with Gasteiger partial charge in [-0.05, 0) is 42.8 Å². The zero-order valence-electron chi connectivity index (χ0n) is 20.2. The number of aryl methyl sites for hydroxylation is 1. The van der Waals surface area contributed by atoms with E-state index in [9.17, 15) is 22.4 Å². The molecule has 5 rings (SSSR count). The van der Waals surface area contributed by atoms with E-state index < -0.39 is 24.8 Å². The Hall–Kier alpha value is -3.79. The van der Waals surface area contributed by atoms with Gasteiger partial charge < -0.3 is 15.4 Å². The maximum Gasteiger partial charge on any atom is 0.390 e. The van der Waals surface area contributed by atoms with E-state index in [4.69, 9.17) is 16.3 Å². The number of benzene rings is 2. The number of anilines is 1. The Morgan fingerprint density at radius 1 is 1.18 bits per heavy atom. The maximum absolute atomic E-state index is 13.2. The first-order valence-corrected chi connectivity index (χ1v) is 12.3. The molecule has 2 N–H and O–H groups in total. The van der Waals surface area contributed by atoms with E-state index in [0.29, 0.717) is 51.1 Å². The van der Waals surface area contributed by atoms with Gasteiger partial charge in [0.1, 0.15) is 17.7 Å². The van der Waals surface area contributed by atoms with Crippen LogP contribution in [-0.4, -0.2) is 40.2 Å². The van der Waals surface area contributed by atoms with Crippen LogP contribution in [0.25, 0.3) is 16.9 Å². The number of aromatic nitrogens is 2. The van der Waals surface area contributed by atoms with Crippen LogP contribution in [0.15, 0.2) is 60.9 Å². The molecule has 2 aromatic carbocycles. The molecule has 1 aliphatic carbocycles. The van der Waals surface area contributed by atoms with Crippen LogP contribution < -0.4 is 15.4 Å². The van der Waals surface area contributed by atoms with Gasteiger partial charge in [-0.15, -0.1) is 0 Å². The summed E-state index contributed by atoms with van der Waals surface area (Å²) in [5, 5.41) is 5.96. The molecule has 6 nitrogen and oxygen atoms in total. The molecule has 2 aromatic heterocycles. The third kappa shape index (κ3) is 5.85. The number of ether oxygens (including phenoxy) is 1. The van der Waals surface area contributed by atoms with E-state index in [1.807, 2.05) is 0 Å². The van der Waals surface area contributed by atoms with E-state index in [1.54, 1.807) is 72.2 Å². The number of hydrogen-bond donors (Lipinski definition) is 2. The minimum Gasteiger partial charge on any atom is -0.456 e. The lowest BCUT2D eigenvalue weighted by molar-refractivity contribution is -0.131. The molecule has 1 fully saturated rings. The number of carbonyl (C=O) groups is 1. The quantitative estimate of drug-likeness (QED) is 0.234. The molecule has 0 unspecified atom stereocenters. The van der Waals surface area contributed by atoms with Crippen LogP contribution in [-0.2, 0) is 0 Å². The summed E-state index contributed by atoms with van der Waals surface area (Å²) in [6.45, 7) is 1.44. The summed E-state index contributed by atoms with van der Waals surface area (Å²) in [6, 6.07) is 13.1. The smallest absolute Gasteiger partial charge is 0.390 e. The molecule has 2 atom stereocenters. The number of fused-ring (bicyclic) bond motifs is 1. The van der Waals surface area contributed by atoms with Crippen LogP contribution in [0.1, 0.15) is 28.8 Å². The second-order valence-electron chi connectivity index (χ2n) is 9.14. The van der Waals surface area contributed by atoms with Crippen molar-refractivity contribution in [3.05, 3.63) is 77.1 Å². The van der Waals surface area contributed by atoms with Crippen molar-refractivity contribution in [1.82, 2.24) is 14.7 Å². The highest BCUT2D eigenvalue weighted by atomic mass is 35.5. The standard InChI is InChI=1S/C27H23ClF4N4O2/c1-15-9-16(5-6-20(15)26(37)35-22-12-21(22)29)24-13-34-25-23(33-8-7-27(30,31)32)11-19(14-36(24)25)38-18-4-2-3-17(28)10-18/h2-6,9-11,13-14,21-22,33H,7-8,12H2,1H3,(H,35,37)/t21-,22-/m1/s1. The monoisotopic (exact) mass is 546 g/mol. The minimum absolute atomic E-state index is 0.323. The normalized spacial score (nSPS) is 16.9. The second kappa shape index (κ2) is 10.2. The van der Waals surface area contributed by atoms with Crippen molar-refractivity contribution in [2.45, 2.75) is 38.2 Å². The molecule has 38 heavy (non-hydrogen) atoms. The predicted molar refractivity (Wildman–Crippen MR) is 137 cm³/mol. The van der Waals surface area contributed by atoms with Gasteiger partial charge in [-0.3, -0.25) is 9.20 Å². The lowest BCUT2D eigenvalue weighted by atomic mass is 10.0. The fraction of sp³-hybridized carbons (Fsp3) is 0.259. The largest absolute Gasteiger partial charge is 0.456 e. The van der Waals surface area contributed by atoms with Gasteiger partial charge in [0, 0.05) is 35.2 Å². The molecule has 1 saturated carbocycles. The molecule has 1 amide bonds. The zero-order valence-corrected chi connectivity index (χ0v) is 20.9. The highest BCUT2D eigenvalue weighted by Gasteiger charge is 2.39. The summed E-state index contributed by atoms with van der Waals surface area (Å²) in [6.07, 6.45) is -2.73. The summed E-state index contributed by atoms with van der Waals surface area (Å²) < 4.78 is 59.2. The van der Waals surface area contributed by atoms with Gasteiger partial charge in [-0.1, -0.05) is 23.7 Å². The van der Waals surface area contributed by atoms with Crippen molar-refractivity contribution in [2.24, 2.45) is 0 Å². The Morgan fingerprint density at radius 2 is 1.97 bits per heavy atom. The molecular weight excluding hydrogens is 524 g/mol. The summed E-state index contributed by atoms with van der Waals surface area (Å²) in [5.74, 6) is 0.467. The van der Waals surface area contributed by atoms with E-state index in [-0.39, 0.29) is 12.5 Å². The summed E-state index contributed by atoms with van der Waals surface area (Å²) in [4.78, 5) is 17.0. The van der Waals surface area contributed by atoms with Gasteiger partial charge in [-0.2, -0.15) is 13.2 Å². The highest BCUT2D eigenvalue weighted by Crippen LogP contribution is 2.33.